The van der Waals surface area contributed by atoms with E-state index in [0.29, 0.717) is 19.7 Å². The summed E-state index contributed by atoms with van der Waals surface area (Å²) < 4.78 is 18.8. The number of nitrogens with one attached hydrogen (secondary N) is 1. The van der Waals surface area contributed by atoms with Gasteiger partial charge in [-0.1, -0.05) is 0 Å². The minimum absolute atomic E-state index is 0.252. The molecule has 1 aliphatic rings. The molecule has 1 aromatic heterocycles. The number of carbonyl (C=O) groups is 2. The maximum absolute atomic E-state index is 13.4. The van der Waals surface area contributed by atoms with Crippen molar-refractivity contribution in [2.24, 2.45) is 0 Å². The van der Waals surface area contributed by atoms with Crippen molar-refractivity contribution in [1.29, 1.82) is 0 Å². The van der Waals surface area contributed by atoms with Crippen LogP contribution in [-0.4, -0.2) is 47.0 Å². The average molecular weight is 281 g/mol. The van der Waals surface area contributed by atoms with Crippen molar-refractivity contribution in [2.75, 3.05) is 25.0 Å². The van der Waals surface area contributed by atoms with Gasteiger partial charge < -0.3 is 9.64 Å². The fraction of sp³-hybridized carbons (Fsp3) is 0.462. The second-order valence-electron chi connectivity index (χ2n) is 5.12. The van der Waals surface area contributed by atoms with E-state index < -0.39 is 23.2 Å². The number of halogens is 1. The van der Waals surface area contributed by atoms with Crippen LogP contribution >= 0.6 is 0 Å². The number of nitrogens with zero attached hydrogens (tertiary/aromatic N) is 2. The van der Waals surface area contributed by atoms with Crippen LogP contribution in [0.15, 0.2) is 18.3 Å². The summed E-state index contributed by atoms with van der Waals surface area (Å²) in [5.74, 6) is -2.55. The van der Waals surface area contributed by atoms with E-state index in [1.54, 1.807) is 0 Å². The van der Waals surface area contributed by atoms with Gasteiger partial charge >= 0.3 is 11.8 Å². The fourth-order valence-corrected chi connectivity index (χ4v) is 1.97. The van der Waals surface area contributed by atoms with E-state index in [-0.39, 0.29) is 5.82 Å². The van der Waals surface area contributed by atoms with Gasteiger partial charge in [-0.15, -0.1) is 0 Å². The quantitative estimate of drug-likeness (QED) is 0.773. The largest absolute Gasteiger partial charge is 0.372 e. The molecule has 0 aromatic carbocycles. The zero-order chi connectivity index (χ0) is 14.8. The number of carbonyl (C=O) groups excluding carboxylic acids is 2. The van der Waals surface area contributed by atoms with Crippen molar-refractivity contribution >= 4 is 17.6 Å². The van der Waals surface area contributed by atoms with Gasteiger partial charge in [-0.25, -0.2) is 9.37 Å². The molecule has 0 spiro atoms. The zero-order valence-corrected chi connectivity index (χ0v) is 11.4. The molecule has 20 heavy (non-hydrogen) atoms. The molecule has 1 aliphatic heterocycles. The summed E-state index contributed by atoms with van der Waals surface area (Å²) in [6.07, 6.45) is 1.33. The highest BCUT2D eigenvalue weighted by molar-refractivity contribution is 6.39. The van der Waals surface area contributed by atoms with Crippen LogP contribution < -0.4 is 5.32 Å². The Morgan fingerprint density at radius 3 is 2.90 bits per heavy atom. The first-order chi connectivity index (χ1) is 9.39. The number of pyridine rings is 1. The van der Waals surface area contributed by atoms with Crippen molar-refractivity contribution in [1.82, 2.24) is 9.88 Å². The molecule has 0 bridgehead atoms. The summed E-state index contributed by atoms with van der Waals surface area (Å²) in [7, 11) is 0. The molecule has 1 fully saturated rings. The molecule has 2 rings (SSSR count). The monoisotopic (exact) mass is 281 g/mol. The third-order valence-corrected chi connectivity index (χ3v) is 2.90. The Kier molecular flexibility index (Phi) is 3.99. The SMILES string of the molecule is CC1(C)CN(C(=O)C(=O)Nc2ncccc2F)CCO1. The van der Waals surface area contributed by atoms with Crippen LogP contribution in [-0.2, 0) is 14.3 Å². The second kappa shape index (κ2) is 5.54. The average Bonchev–Trinajstić information content (AvgIpc) is 2.39. The highest BCUT2D eigenvalue weighted by Gasteiger charge is 2.32. The van der Waals surface area contributed by atoms with Gasteiger partial charge in [-0.3, -0.25) is 14.9 Å². The van der Waals surface area contributed by atoms with Gasteiger partial charge in [0.25, 0.3) is 0 Å². The van der Waals surface area contributed by atoms with E-state index in [1.165, 1.54) is 17.2 Å². The molecule has 0 radical (unpaired) electrons. The van der Waals surface area contributed by atoms with Crippen LogP contribution in [0.4, 0.5) is 10.2 Å². The van der Waals surface area contributed by atoms with Crippen molar-refractivity contribution in [3.63, 3.8) is 0 Å². The van der Waals surface area contributed by atoms with Gasteiger partial charge in [0.2, 0.25) is 0 Å². The van der Waals surface area contributed by atoms with Crippen LogP contribution in [0.3, 0.4) is 0 Å². The van der Waals surface area contributed by atoms with Crippen LogP contribution in [0.25, 0.3) is 0 Å². The Hall–Kier alpha value is -2.02. The molecule has 2 amide bonds. The summed E-state index contributed by atoms with van der Waals surface area (Å²) in [6, 6.07) is 2.56. The molecule has 0 atom stereocenters. The van der Waals surface area contributed by atoms with Crippen LogP contribution in [0, 0.1) is 5.82 Å². The number of hydrogen-bond donors (Lipinski definition) is 1. The van der Waals surface area contributed by atoms with Crippen LogP contribution in [0.1, 0.15) is 13.8 Å². The first kappa shape index (κ1) is 14.4. The molecule has 6 nitrogen and oxygen atoms in total. The van der Waals surface area contributed by atoms with Crippen LogP contribution in [0.5, 0.6) is 0 Å². The molecular formula is C13H16FN3O3. The Morgan fingerprint density at radius 1 is 1.50 bits per heavy atom. The normalized spacial score (nSPS) is 17.6. The van der Waals surface area contributed by atoms with E-state index >= 15 is 0 Å². The lowest BCUT2D eigenvalue weighted by molar-refractivity contribution is -0.153. The molecule has 108 valence electrons. The highest BCUT2D eigenvalue weighted by atomic mass is 19.1. The maximum Gasteiger partial charge on any atom is 0.315 e. The van der Waals surface area contributed by atoms with Crippen molar-refractivity contribution < 1.29 is 18.7 Å². The molecule has 2 heterocycles. The Bertz CT molecular complexity index is 533. The van der Waals surface area contributed by atoms with Crippen LogP contribution in [0.2, 0.25) is 0 Å². The fourth-order valence-electron chi connectivity index (χ4n) is 1.97. The summed E-state index contributed by atoms with van der Waals surface area (Å²) in [4.78, 5) is 28.9. The first-order valence-electron chi connectivity index (χ1n) is 6.24. The number of morpholine rings is 1. The third-order valence-electron chi connectivity index (χ3n) is 2.90. The van der Waals surface area contributed by atoms with E-state index in [9.17, 15) is 14.0 Å². The van der Waals surface area contributed by atoms with Gasteiger partial charge in [0.1, 0.15) is 0 Å². The van der Waals surface area contributed by atoms with Crippen molar-refractivity contribution in [3.8, 4) is 0 Å². The lowest BCUT2D eigenvalue weighted by Gasteiger charge is -2.37. The molecule has 1 aromatic rings. The van der Waals surface area contributed by atoms with Gasteiger partial charge in [-0.2, -0.15) is 0 Å². The Morgan fingerprint density at radius 2 is 2.25 bits per heavy atom. The zero-order valence-electron chi connectivity index (χ0n) is 11.4. The van der Waals surface area contributed by atoms with E-state index in [2.05, 4.69) is 10.3 Å². The lowest BCUT2D eigenvalue weighted by atomic mass is 10.1. The minimum Gasteiger partial charge on any atom is -0.372 e. The maximum atomic E-state index is 13.4. The highest BCUT2D eigenvalue weighted by Crippen LogP contribution is 2.17. The van der Waals surface area contributed by atoms with Gasteiger partial charge in [0.15, 0.2) is 11.6 Å². The van der Waals surface area contributed by atoms with E-state index in [4.69, 9.17) is 4.74 Å². The predicted molar refractivity (Wildman–Crippen MR) is 69.4 cm³/mol. The lowest BCUT2D eigenvalue weighted by Crippen LogP contribution is -2.53. The second-order valence-corrected chi connectivity index (χ2v) is 5.12. The number of ether oxygens (including phenoxy) is 1. The molecule has 0 aliphatic carbocycles. The van der Waals surface area contributed by atoms with Gasteiger partial charge in [0.05, 0.1) is 12.2 Å². The summed E-state index contributed by atoms with van der Waals surface area (Å²) in [5, 5.41) is 2.18. The number of aromatic nitrogens is 1. The Balaban J connectivity index is 2.02. The number of hydrogen-bond acceptors (Lipinski definition) is 4. The third kappa shape index (κ3) is 3.30. The Labute approximate surface area is 115 Å². The van der Waals surface area contributed by atoms with Gasteiger partial charge in [-0.05, 0) is 26.0 Å². The standard InChI is InChI=1S/C13H16FN3O3/c1-13(2)8-17(6-7-20-13)12(19)11(18)16-10-9(14)4-3-5-15-10/h3-5H,6-8H2,1-2H3,(H,15,16,18). The first-order valence-corrected chi connectivity index (χ1v) is 6.24. The molecule has 0 saturated carbocycles. The number of rotatable bonds is 1. The predicted octanol–water partition coefficient (Wildman–Crippen LogP) is 0.797. The summed E-state index contributed by atoms with van der Waals surface area (Å²) in [6.45, 7) is 4.68. The molecule has 1 saturated heterocycles. The van der Waals surface area contributed by atoms with E-state index in [0.717, 1.165) is 6.07 Å². The number of anilines is 1. The summed E-state index contributed by atoms with van der Waals surface area (Å²) >= 11 is 0. The minimum atomic E-state index is -0.902. The van der Waals surface area contributed by atoms with Crippen molar-refractivity contribution in [2.45, 2.75) is 19.4 Å². The van der Waals surface area contributed by atoms with E-state index in [1.807, 2.05) is 13.8 Å². The molecule has 0 unspecified atom stereocenters. The van der Waals surface area contributed by atoms with Gasteiger partial charge in [0, 0.05) is 19.3 Å². The van der Waals surface area contributed by atoms with Crippen molar-refractivity contribution in [3.05, 3.63) is 24.1 Å². The molecular weight excluding hydrogens is 265 g/mol. The summed E-state index contributed by atoms with van der Waals surface area (Å²) in [5.41, 5.74) is -0.496. The topological polar surface area (TPSA) is 71.5 Å². The number of amides is 2. The molecule has 7 heteroatoms. The smallest absolute Gasteiger partial charge is 0.315 e. The molecule has 1 N–H and O–H groups in total.